The summed E-state index contributed by atoms with van der Waals surface area (Å²) in [4.78, 5) is 26.9. The molecule has 7 heteroatoms. The minimum atomic E-state index is -0.298. The number of nitrogens with zero attached hydrogens (tertiary/aromatic N) is 1. The van der Waals surface area contributed by atoms with Gasteiger partial charge in [-0.05, 0) is 48.9 Å². The number of hydrogen-bond donors (Lipinski definition) is 1. The predicted octanol–water partition coefficient (Wildman–Crippen LogP) is 4.14. The maximum atomic E-state index is 12.7. The van der Waals surface area contributed by atoms with Gasteiger partial charge in [0.25, 0.3) is 11.8 Å². The first-order chi connectivity index (χ1) is 15.7. The number of fused-ring (bicyclic) bond motifs is 1. The summed E-state index contributed by atoms with van der Waals surface area (Å²) in [6, 6.07) is 21.8. The normalized spacial score (nSPS) is 12.5. The molecule has 3 aromatic rings. The summed E-state index contributed by atoms with van der Waals surface area (Å²) in [6.07, 6.45) is 0.651. The first-order valence-corrected chi connectivity index (χ1v) is 10.3. The Balaban J connectivity index is 1.45. The van der Waals surface area contributed by atoms with Crippen molar-refractivity contribution in [2.45, 2.75) is 6.42 Å². The lowest BCUT2D eigenvalue weighted by Crippen LogP contribution is -2.39. The maximum absolute atomic E-state index is 12.7. The van der Waals surface area contributed by atoms with Gasteiger partial charge in [0.2, 0.25) is 0 Å². The van der Waals surface area contributed by atoms with Gasteiger partial charge in [-0.3, -0.25) is 9.59 Å². The average molecular weight is 432 g/mol. The molecular formula is C25H24N2O5. The van der Waals surface area contributed by atoms with Crippen LogP contribution in [-0.4, -0.2) is 38.7 Å². The largest absolute Gasteiger partial charge is 0.496 e. The van der Waals surface area contributed by atoms with Gasteiger partial charge in [-0.2, -0.15) is 0 Å². The Hall–Kier alpha value is -4.00. The number of methoxy groups -OCH3 is 1. The van der Waals surface area contributed by atoms with Crippen LogP contribution >= 0.6 is 0 Å². The Bertz CT molecular complexity index is 1100. The summed E-state index contributed by atoms with van der Waals surface area (Å²) in [5, 5.41) is 2.87. The highest BCUT2D eigenvalue weighted by molar-refractivity contribution is 6.07. The fraction of sp³-hybridized carbons (Fsp3) is 0.200. The molecule has 1 N–H and O–H groups in total. The van der Waals surface area contributed by atoms with Crippen molar-refractivity contribution < 1.29 is 23.8 Å². The van der Waals surface area contributed by atoms with Crippen molar-refractivity contribution in [2.75, 3.05) is 37.1 Å². The molecule has 1 heterocycles. The Morgan fingerprint density at radius 3 is 2.66 bits per heavy atom. The number of nitrogens with one attached hydrogen (secondary N) is 1. The third-order valence-electron chi connectivity index (χ3n) is 5.05. The Morgan fingerprint density at radius 2 is 1.84 bits per heavy atom. The van der Waals surface area contributed by atoms with E-state index in [-0.39, 0.29) is 18.4 Å². The molecule has 0 saturated heterocycles. The zero-order valence-electron chi connectivity index (χ0n) is 17.7. The molecule has 0 atom stereocenters. The van der Waals surface area contributed by atoms with Crippen LogP contribution in [0.1, 0.15) is 16.8 Å². The molecule has 0 aliphatic carbocycles. The fourth-order valence-corrected chi connectivity index (χ4v) is 3.49. The van der Waals surface area contributed by atoms with E-state index >= 15 is 0 Å². The van der Waals surface area contributed by atoms with E-state index in [0.717, 1.165) is 5.75 Å². The molecule has 164 valence electrons. The lowest BCUT2D eigenvalue weighted by Gasteiger charge is -2.30. The Labute approximate surface area is 186 Å². The standard InChI is InChI=1S/C25H24N2O5/c1-30-22-11-6-5-10-20(22)25(29)26-18-12-13-23-21(16-18)27(24(28)17-32-23)14-7-15-31-19-8-3-2-4-9-19/h2-6,8-13,16H,7,14-15,17H2,1H3,(H,26,29). The van der Waals surface area contributed by atoms with Gasteiger partial charge in [0, 0.05) is 12.2 Å². The SMILES string of the molecule is COc1ccccc1C(=O)Nc1ccc2c(c1)N(CCCOc1ccccc1)C(=O)CO2. The third kappa shape index (κ3) is 4.83. The molecule has 0 bridgehead atoms. The van der Waals surface area contributed by atoms with Crippen LogP contribution in [0, 0.1) is 0 Å². The second kappa shape index (κ2) is 9.87. The number of benzene rings is 3. The molecular weight excluding hydrogens is 408 g/mol. The van der Waals surface area contributed by atoms with Crippen molar-refractivity contribution >= 4 is 23.2 Å². The van der Waals surface area contributed by atoms with Gasteiger partial charge in [0.1, 0.15) is 17.2 Å². The number of carbonyl (C=O) groups is 2. The van der Waals surface area contributed by atoms with Crippen LogP contribution in [0.5, 0.6) is 17.2 Å². The molecule has 0 radical (unpaired) electrons. The second-order valence-electron chi connectivity index (χ2n) is 7.19. The van der Waals surface area contributed by atoms with Crippen LogP contribution < -0.4 is 24.4 Å². The number of para-hydroxylation sites is 2. The molecule has 0 saturated carbocycles. The Morgan fingerprint density at radius 1 is 1.06 bits per heavy atom. The van der Waals surface area contributed by atoms with Crippen molar-refractivity contribution in [3.05, 3.63) is 78.4 Å². The van der Waals surface area contributed by atoms with Crippen LogP contribution in [0.3, 0.4) is 0 Å². The zero-order valence-corrected chi connectivity index (χ0v) is 17.7. The minimum Gasteiger partial charge on any atom is -0.496 e. The number of hydrogen-bond acceptors (Lipinski definition) is 5. The van der Waals surface area contributed by atoms with E-state index in [2.05, 4.69) is 5.32 Å². The lowest BCUT2D eigenvalue weighted by molar-refractivity contribution is -0.121. The highest BCUT2D eigenvalue weighted by Crippen LogP contribution is 2.35. The van der Waals surface area contributed by atoms with Gasteiger partial charge in [-0.25, -0.2) is 0 Å². The van der Waals surface area contributed by atoms with Crippen LogP contribution in [0.15, 0.2) is 72.8 Å². The van der Waals surface area contributed by atoms with Gasteiger partial charge < -0.3 is 24.4 Å². The van der Waals surface area contributed by atoms with Crippen LogP contribution in [0.25, 0.3) is 0 Å². The van der Waals surface area contributed by atoms with Crippen LogP contribution in [0.4, 0.5) is 11.4 Å². The van der Waals surface area contributed by atoms with E-state index in [1.165, 1.54) is 7.11 Å². The van der Waals surface area contributed by atoms with Crippen molar-refractivity contribution in [3.8, 4) is 17.2 Å². The van der Waals surface area contributed by atoms with E-state index in [9.17, 15) is 9.59 Å². The highest BCUT2D eigenvalue weighted by Gasteiger charge is 2.26. The number of amides is 2. The van der Waals surface area contributed by atoms with E-state index in [1.54, 1.807) is 47.4 Å². The smallest absolute Gasteiger partial charge is 0.265 e. The van der Waals surface area contributed by atoms with Gasteiger partial charge in [0.05, 0.1) is 25.0 Å². The molecule has 3 aromatic carbocycles. The quantitative estimate of drug-likeness (QED) is 0.542. The summed E-state index contributed by atoms with van der Waals surface area (Å²) in [6.45, 7) is 0.944. The number of ether oxygens (including phenoxy) is 3. The Kier molecular flexibility index (Phi) is 6.55. The number of carbonyl (C=O) groups excluding carboxylic acids is 2. The summed E-state index contributed by atoms with van der Waals surface area (Å²) in [7, 11) is 1.52. The number of anilines is 2. The molecule has 1 aliphatic rings. The average Bonchev–Trinajstić information content (AvgIpc) is 2.83. The summed E-state index contributed by atoms with van der Waals surface area (Å²) >= 11 is 0. The first kappa shape index (κ1) is 21.2. The fourth-order valence-electron chi connectivity index (χ4n) is 3.49. The van der Waals surface area contributed by atoms with E-state index in [4.69, 9.17) is 14.2 Å². The molecule has 7 nitrogen and oxygen atoms in total. The third-order valence-corrected chi connectivity index (χ3v) is 5.05. The summed E-state index contributed by atoms with van der Waals surface area (Å²) < 4.78 is 16.6. The maximum Gasteiger partial charge on any atom is 0.265 e. The second-order valence-corrected chi connectivity index (χ2v) is 7.19. The van der Waals surface area contributed by atoms with Gasteiger partial charge >= 0.3 is 0 Å². The summed E-state index contributed by atoms with van der Waals surface area (Å²) in [5.41, 5.74) is 1.61. The molecule has 32 heavy (non-hydrogen) atoms. The van der Waals surface area contributed by atoms with E-state index < -0.39 is 0 Å². The highest BCUT2D eigenvalue weighted by atomic mass is 16.5. The van der Waals surface area contributed by atoms with Crippen LogP contribution in [-0.2, 0) is 4.79 Å². The topological polar surface area (TPSA) is 77.1 Å². The molecule has 0 unspecified atom stereocenters. The summed E-state index contributed by atoms with van der Waals surface area (Å²) in [5.74, 6) is 1.45. The molecule has 0 aromatic heterocycles. The van der Waals surface area contributed by atoms with Crippen molar-refractivity contribution in [3.63, 3.8) is 0 Å². The number of rotatable bonds is 8. The molecule has 0 spiro atoms. The minimum absolute atomic E-state index is 0.0144. The van der Waals surface area contributed by atoms with Crippen molar-refractivity contribution in [1.82, 2.24) is 0 Å². The monoisotopic (exact) mass is 432 g/mol. The molecule has 4 rings (SSSR count). The van der Waals surface area contributed by atoms with Crippen molar-refractivity contribution in [1.29, 1.82) is 0 Å². The van der Waals surface area contributed by atoms with Gasteiger partial charge in [0.15, 0.2) is 6.61 Å². The first-order valence-electron chi connectivity index (χ1n) is 10.3. The van der Waals surface area contributed by atoms with E-state index in [0.29, 0.717) is 48.0 Å². The molecule has 0 fully saturated rings. The van der Waals surface area contributed by atoms with Crippen molar-refractivity contribution in [2.24, 2.45) is 0 Å². The zero-order chi connectivity index (χ0) is 22.3. The van der Waals surface area contributed by atoms with Gasteiger partial charge in [-0.1, -0.05) is 30.3 Å². The van der Waals surface area contributed by atoms with Crippen LogP contribution in [0.2, 0.25) is 0 Å². The predicted molar refractivity (Wildman–Crippen MR) is 122 cm³/mol. The van der Waals surface area contributed by atoms with E-state index in [1.807, 2.05) is 30.3 Å². The molecule has 2 amide bonds. The molecule has 1 aliphatic heterocycles. The lowest BCUT2D eigenvalue weighted by atomic mass is 10.1. The van der Waals surface area contributed by atoms with Gasteiger partial charge in [-0.15, -0.1) is 0 Å².